The van der Waals surface area contributed by atoms with Gasteiger partial charge in [0.25, 0.3) is 0 Å². The Morgan fingerprint density at radius 1 is 0.750 bits per heavy atom. The van der Waals surface area contributed by atoms with E-state index in [-0.39, 0.29) is 6.17 Å². The highest BCUT2D eigenvalue weighted by molar-refractivity contribution is 9.10. The molecule has 0 aromatic heterocycles. The number of halogens is 1. The fraction of sp³-hybridized carbons (Fsp3) is 0.143. The summed E-state index contributed by atoms with van der Waals surface area (Å²) in [6.45, 7) is 4.43. The number of fused-ring (bicyclic) bond motifs is 1. The van der Waals surface area contributed by atoms with Gasteiger partial charge in [-0.3, -0.25) is 0 Å². The zero-order chi connectivity index (χ0) is 16.7. The van der Waals surface area contributed by atoms with Gasteiger partial charge in [-0.1, -0.05) is 52.3 Å². The van der Waals surface area contributed by atoms with E-state index in [1.807, 2.05) is 0 Å². The van der Waals surface area contributed by atoms with Crippen molar-refractivity contribution >= 4 is 38.7 Å². The highest BCUT2D eigenvalue weighted by atomic mass is 79.9. The van der Waals surface area contributed by atoms with Crippen LogP contribution in [0.1, 0.15) is 12.5 Å². The molecular formula is C21H19BrN2. The van der Waals surface area contributed by atoms with Gasteiger partial charge in [-0.25, -0.2) is 0 Å². The summed E-state index contributed by atoms with van der Waals surface area (Å²) in [6, 6.07) is 25.7. The predicted molar refractivity (Wildman–Crippen MR) is 106 cm³/mol. The monoisotopic (exact) mass is 378 g/mol. The molecule has 0 fully saturated rings. The first-order valence-corrected chi connectivity index (χ1v) is 8.95. The fourth-order valence-corrected chi connectivity index (χ4v) is 3.86. The first kappa shape index (κ1) is 15.3. The summed E-state index contributed by atoms with van der Waals surface area (Å²) in [6.07, 6.45) is 0.206. The highest BCUT2D eigenvalue weighted by Gasteiger charge is 2.35. The molecule has 0 spiro atoms. The summed E-state index contributed by atoms with van der Waals surface area (Å²) in [5.74, 6) is 0. The smallest absolute Gasteiger partial charge is 0.108 e. The van der Waals surface area contributed by atoms with Crippen LogP contribution in [0, 0.1) is 6.92 Å². The van der Waals surface area contributed by atoms with Crippen molar-refractivity contribution in [1.82, 2.24) is 0 Å². The number of anilines is 4. The van der Waals surface area contributed by atoms with E-state index < -0.39 is 0 Å². The summed E-state index contributed by atoms with van der Waals surface area (Å²) in [4.78, 5) is 4.82. The Hall–Kier alpha value is -2.26. The van der Waals surface area contributed by atoms with Gasteiger partial charge < -0.3 is 9.80 Å². The minimum atomic E-state index is 0.206. The van der Waals surface area contributed by atoms with Gasteiger partial charge in [0.05, 0.1) is 11.4 Å². The number of nitrogens with zero attached hydrogens (tertiary/aromatic N) is 2. The summed E-state index contributed by atoms with van der Waals surface area (Å²) in [5, 5.41) is 0. The van der Waals surface area contributed by atoms with Crippen molar-refractivity contribution in [3.8, 4) is 0 Å². The molecule has 0 amide bonds. The number of hydrogen-bond donors (Lipinski definition) is 0. The Morgan fingerprint density at radius 2 is 1.38 bits per heavy atom. The highest BCUT2D eigenvalue weighted by Crippen LogP contribution is 2.48. The summed E-state index contributed by atoms with van der Waals surface area (Å²) >= 11 is 3.62. The van der Waals surface area contributed by atoms with E-state index >= 15 is 0 Å². The second-order valence-corrected chi connectivity index (χ2v) is 7.04. The summed E-state index contributed by atoms with van der Waals surface area (Å²) < 4.78 is 1.10. The molecule has 1 aliphatic rings. The van der Waals surface area contributed by atoms with Crippen molar-refractivity contribution < 1.29 is 0 Å². The van der Waals surface area contributed by atoms with Crippen LogP contribution in [0.2, 0.25) is 0 Å². The van der Waals surface area contributed by atoms with Crippen LogP contribution in [-0.4, -0.2) is 6.17 Å². The van der Waals surface area contributed by atoms with Crippen molar-refractivity contribution in [3.05, 3.63) is 82.8 Å². The van der Waals surface area contributed by atoms with Crippen molar-refractivity contribution in [2.75, 3.05) is 9.80 Å². The van der Waals surface area contributed by atoms with E-state index in [1.54, 1.807) is 0 Å². The van der Waals surface area contributed by atoms with Crippen LogP contribution in [0.4, 0.5) is 22.7 Å². The lowest BCUT2D eigenvalue weighted by molar-refractivity contribution is 0.759. The fourth-order valence-electron chi connectivity index (χ4n) is 3.51. The average Bonchev–Trinajstić information content (AvgIpc) is 2.90. The molecule has 1 aliphatic heterocycles. The third-order valence-electron chi connectivity index (χ3n) is 4.61. The van der Waals surface area contributed by atoms with Gasteiger partial charge in [0.15, 0.2) is 0 Å². The SMILES string of the molecule is Cc1ccc(Br)cc1N1c2ccccc2N(c2ccccc2)C1C. The largest absolute Gasteiger partial charge is 0.319 e. The lowest BCUT2D eigenvalue weighted by Crippen LogP contribution is -2.35. The Kier molecular flexibility index (Phi) is 3.81. The Balaban J connectivity index is 1.90. The Bertz CT molecular complexity index is 876. The van der Waals surface area contributed by atoms with E-state index in [2.05, 4.69) is 112 Å². The number of rotatable bonds is 2. The molecular weight excluding hydrogens is 360 g/mol. The maximum absolute atomic E-state index is 3.62. The normalized spacial score (nSPS) is 16.4. The minimum absolute atomic E-state index is 0.206. The molecule has 3 aromatic carbocycles. The van der Waals surface area contributed by atoms with Gasteiger partial charge in [-0.15, -0.1) is 0 Å². The molecule has 0 bridgehead atoms. The van der Waals surface area contributed by atoms with E-state index in [1.165, 1.54) is 28.3 Å². The topological polar surface area (TPSA) is 6.48 Å². The molecule has 3 heteroatoms. The molecule has 0 aliphatic carbocycles. The van der Waals surface area contributed by atoms with E-state index in [0.29, 0.717) is 0 Å². The lowest BCUT2D eigenvalue weighted by Gasteiger charge is -2.31. The van der Waals surface area contributed by atoms with Gasteiger partial charge >= 0.3 is 0 Å². The van der Waals surface area contributed by atoms with Gasteiger partial charge in [0.2, 0.25) is 0 Å². The van der Waals surface area contributed by atoms with Crippen LogP contribution in [0.3, 0.4) is 0 Å². The zero-order valence-electron chi connectivity index (χ0n) is 13.8. The molecule has 2 nitrogen and oxygen atoms in total. The molecule has 24 heavy (non-hydrogen) atoms. The van der Waals surface area contributed by atoms with E-state index in [9.17, 15) is 0 Å². The number of aryl methyl sites for hydroxylation is 1. The average molecular weight is 379 g/mol. The van der Waals surface area contributed by atoms with Crippen LogP contribution in [0.15, 0.2) is 77.3 Å². The molecule has 0 radical (unpaired) electrons. The third-order valence-corrected chi connectivity index (χ3v) is 5.11. The predicted octanol–water partition coefficient (Wildman–Crippen LogP) is 6.39. The van der Waals surface area contributed by atoms with Crippen molar-refractivity contribution in [2.24, 2.45) is 0 Å². The maximum atomic E-state index is 3.62. The van der Waals surface area contributed by atoms with Crippen LogP contribution >= 0.6 is 15.9 Å². The van der Waals surface area contributed by atoms with Crippen LogP contribution in [0.5, 0.6) is 0 Å². The van der Waals surface area contributed by atoms with Gasteiger partial charge in [-0.2, -0.15) is 0 Å². The molecule has 1 atom stereocenters. The van der Waals surface area contributed by atoms with Crippen molar-refractivity contribution in [3.63, 3.8) is 0 Å². The van der Waals surface area contributed by atoms with Crippen LogP contribution < -0.4 is 9.80 Å². The van der Waals surface area contributed by atoms with E-state index in [4.69, 9.17) is 0 Å². The first-order valence-electron chi connectivity index (χ1n) is 8.15. The molecule has 0 N–H and O–H groups in total. The molecule has 120 valence electrons. The quantitative estimate of drug-likeness (QED) is 0.509. The number of hydrogen-bond acceptors (Lipinski definition) is 2. The molecule has 3 aromatic rings. The van der Waals surface area contributed by atoms with Crippen LogP contribution in [0.25, 0.3) is 0 Å². The molecule has 1 heterocycles. The van der Waals surface area contributed by atoms with Crippen molar-refractivity contribution in [1.29, 1.82) is 0 Å². The second kappa shape index (κ2) is 5.99. The number of benzene rings is 3. The molecule has 4 rings (SSSR count). The van der Waals surface area contributed by atoms with Gasteiger partial charge in [-0.05, 0) is 55.8 Å². The summed E-state index contributed by atoms with van der Waals surface area (Å²) in [5.41, 5.74) is 6.22. The third kappa shape index (κ3) is 2.40. The Morgan fingerprint density at radius 3 is 2.08 bits per heavy atom. The minimum Gasteiger partial charge on any atom is -0.319 e. The molecule has 1 unspecified atom stereocenters. The molecule has 0 saturated carbocycles. The van der Waals surface area contributed by atoms with Gasteiger partial charge in [0.1, 0.15) is 6.17 Å². The second-order valence-electron chi connectivity index (χ2n) is 6.13. The standard InChI is InChI=1S/C21H19BrN2/c1-15-12-13-17(22)14-21(15)24-16(2)23(18-8-4-3-5-9-18)19-10-6-7-11-20(19)24/h3-14,16H,1-2H3. The molecule has 0 saturated heterocycles. The van der Waals surface area contributed by atoms with E-state index in [0.717, 1.165) is 4.47 Å². The van der Waals surface area contributed by atoms with Crippen molar-refractivity contribution in [2.45, 2.75) is 20.0 Å². The first-order chi connectivity index (χ1) is 11.7. The maximum Gasteiger partial charge on any atom is 0.108 e. The van der Waals surface area contributed by atoms with Gasteiger partial charge in [0, 0.05) is 15.8 Å². The Labute approximate surface area is 151 Å². The zero-order valence-corrected chi connectivity index (χ0v) is 15.4. The van der Waals surface area contributed by atoms with Crippen LogP contribution in [-0.2, 0) is 0 Å². The summed E-state index contributed by atoms with van der Waals surface area (Å²) in [7, 11) is 0. The number of para-hydroxylation sites is 3. The lowest BCUT2D eigenvalue weighted by atomic mass is 10.1.